The molecule has 1 aliphatic heterocycles. The highest BCUT2D eigenvalue weighted by Gasteiger charge is 2.36. The van der Waals surface area contributed by atoms with Gasteiger partial charge in [-0.3, -0.25) is 4.79 Å². The van der Waals surface area contributed by atoms with Crippen LogP contribution in [0.2, 0.25) is 0 Å². The molecule has 0 radical (unpaired) electrons. The summed E-state index contributed by atoms with van der Waals surface area (Å²) >= 11 is 0. The molecule has 1 aromatic rings. The number of hydrogen-bond acceptors (Lipinski definition) is 4. The number of rotatable bonds is 2. The highest BCUT2D eigenvalue weighted by molar-refractivity contribution is 5.91. The largest absolute Gasteiger partial charge is 0.459 e. The smallest absolute Gasteiger partial charge is 0.289 e. The van der Waals surface area contributed by atoms with Gasteiger partial charge in [0, 0.05) is 13.1 Å². The minimum Gasteiger partial charge on any atom is -0.459 e. The highest BCUT2D eigenvalue weighted by Crippen LogP contribution is 2.22. The average molecular weight is 239 g/mol. The van der Waals surface area contributed by atoms with Gasteiger partial charge in [-0.2, -0.15) is 0 Å². The summed E-state index contributed by atoms with van der Waals surface area (Å²) < 4.78 is 10.7. The first kappa shape index (κ1) is 12.1. The first-order chi connectivity index (χ1) is 8.02. The fourth-order valence-electron chi connectivity index (χ4n) is 2.10. The molecule has 1 fully saturated rings. The van der Waals surface area contributed by atoms with Crippen molar-refractivity contribution in [2.75, 3.05) is 19.7 Å². The summed E-state index contributed by atoms with van der Waals surface area (Å²) in [7, 11) is 0. The Labute approximate surface area is 100.0 Å². The zero-order valence-corrected chi connectivity index (χ0v) is 10.0. The van der Waals surface area contributed by atoms with Crippen LogP contribution in [-0.4, -0.2) is 47.3 Å². The Balaban J connectivity index is 2.12. The number of carbonyl (C=O) groups excluding carboxylic acids is 1. The van der Waals surface area contributed by atoms with Crippen LogP contribution in [0.15, 0.2) is 22.8 Å². The number of ether oxygens (including phenoxy) is 1. The molecule has 1 aromatic heterocycles. The van der Waals surface area contributed by atoms with E-state index in [2.05, 4.69) is 0 Å². The highest BCUT2D eigenvalue weighted by atomic mass is 16.5. The maximum Gasteiger partial charge on any atom is 0.289 e. The van der Waals surface area contributed by atoms with Crippen molar-refractivity contribution < 1.29 is 19.1 Å². The van der Waals surface area contributed by atoms with Gasteiger partial charge in [0.05, 0.1) is 24.6 Å². The zero-order valence-electron chi connectivity index (χ0n) is 10.0. The van der Waals surface area contributed by atoms with Gasteiger partial charge in [-0.15, -0.1) is 0 Å². The van der Waals surface area contributed by atoms with Gasteiger partial charge in [0.1, 0.15) is 0 Å². The maximum atomic E-state index is 12.1. The standard InChI is InChI=1S/C12H17NO4/c1-12(2)8-13(6-9(7-14)17-12)11(15)10-4-3-5-16-10/h3-5,9,14H,6-8H2,1-2H3. The number of carbonyl (C=O) groups is 1. The number of morpholine rings is 1. The minimum atomic E-state index is -0.450. The summed E-state index contributed by atoms with van der Waals surface area (Å²) in [6.07, 6.45) is 1.14. The molecule has 1 amide bonds. The van der Waals surface area contributed by atoms with Crippen LogP contribution in [0.5, 0.6) is 0 Å². The molecule has 0 aliphatic carbocycles. The van der Waals surface area contributed by atoms with Crippen molar-refractivity contribution in [3.8, 4) is 0 Å². The predicted molar refractivity (Wildman–Crippen MR) is 60.6 cm³/mol. The molecular weight excluding hydrogens is 222 g/mol. The third-order valence-corrected chi connectivity index (χ3v) is 2.70. The van der Waals surface area contributed by atoms with E-state index < -0.39 is 5.60 Å². The number of hydrogen-bond donors (Lipinski definition) is 1. The van der Waals surface area contributed by atoms with Gasteiger partial charge in [0.15, 0.2) is 5.76 Å². The Kier molecular flexibility index (Phi) is 3.22. The van der Waals surface area contributed by atoms with Crippen molar-refractivity contribution >= 4 is 5.91 Å². The van der Waals surface area contributed by atoms with E-state index in [4.69, 9.17) is 14.3 Å². The number of aliphatic hydroxyl groups excluding tert-OH is 1. The van der Waals surface area contributed by atoms with Crippen LogP contribution in [0.25, 0.3) is 0 Å². The van der Waals surface area contributed by atoms with Crippen LogP contribution in [-0.2, 0) is 4.74 Å². The predicted octanol–water partition coefficient (Wildman–Crippen LogP) is 0.891. The summed E-state index contributed by atoms with van der Waals surface area (Å²) in [5.74, 6) is 0.157. The second-order valence-electron chi connectivity index (χ2n) is 4.85. The zero-order chi connectivity index (χ0) is 12.5. The second kappa shape index (κ2) is 4.50. The molecule has 1 aliphatic rings. The summed E-state index contributed by atoms with van der Waals surface area (Å²) in [5, 5.41) is 9.17. The fraction of sp³-hybridized carbons (Fsp3) is 0.583. The number of nitrogens with zero attached hydrogens (tertiary/aromatic N) is 1. The molecule has 2 heterocycles. The van der Waals surface area contributed by atoms with E-state index >= 15 is 0 Å². The van der Waals surface area contributed by atoms with Crippen molar-refractivity contribution in [1.29, 1.82) is 0 Å². The van der Waals surface area contributed by atoms with Crippen molar-refractivity contribution in [2.45, 2.75) is 25.6 Å². The van der Waals surface area contributed by atoms with Gasteiger partial charge in [-0.05, 0) is 26.0 Å². The van der Waals surface area contributed by atoms with Crippen molar-refractivity contribution in [3.05, 3.63) is 24.2 Å². The van der Waals surface area contributed by atoms with E-state index in [1.54, 1.807) is 17.0 Å². The normalized spacial score (nSPS) is 23.7. The van der Waals surface area contributed by atoms with Crippen molar-refractivity contribution in [3.63, 3.8) is 0 Å². The Bertz CT molecular complexity index is 385. The molecule has 0 saturated carbocycles. The van der Waals surface area contributed by atoms with Crippen molar-refractivity contribution in [1.82, 2.24) is 4.90 Å². The molecule has 1 atom stereocenters. The van der Waals surface area contributed by atoms with Gasteiger partial charge in [-0.1, -0.05) is 0 Å². The summed E-state index contributed by atoms with van der Waals surface area (Å²) in [4.78, 5) is 13.8. The molecule has 5 nitrogen and oxygen atoms in total. The molecule has 0 aromatic carbocycles. The summed E-state index contributed by atoms with van der Waals surface area (Å²) in [6.45, 7) is 4.59. The first-order valence-corrected chi connectivity index (χ1v) is 5.63. The number of furan rings is 1. The van der Waals surface area contributed by atoms with Crippen LogP contribution < -0.4 is 0 Å². The Morgan fingerprint density at radius 2 is 2.41 bits per heavy atom. The van der Waals surface area contributed by atoms with Gasteiger partial charge in [0.2, 0.25) is 0 Å². The van der Waals surface area contributed by atoms with E-state index in [0.29, 0.717) is 18.8 Å². The fourth-order valence-corrected chi connectivity index (χ4v) is 2.10. The van der Waals surface area contributed by atoms with Crippen molar-refractivity contribution in [2.24, 2.45) is 0 Å². The molecule has 5 heteroatoms. The molecule has 0 bridgehead atoms. The summed E-state index contributed by atoms with van der Waals surface area (Å²) in [6, 6.07) is 3.32. The number of amides is 1. The molecular formula is C12H17NO4. The Hall–Kier alpha value is -1.33. The monoisotopic (exact) mass is 239 g/mol. The third kappa shape index (κ3) is 2.68. The van der Waals surface area contributed by atoms with Gasteiger partial charge in [0.25, 0.3) is 5.91 Å². The van der Waals surface area contributed by atoms with E-state index in [-0.39, 0.29) is 18.6 Å². The first-order valence-electron chi connectivity index (χ1n) is 5.63. The molecule has 0 spiro atoms. The average Bonchev–Trinajstić information content (AvgIpc) is 2.79. The molecule has 1 saturated heterocycles. The molecule has 1 unspecified atom stereocenters. The lowest BCUT2D eigenvalue weighted by molar-refractivity contribution is -0.139. The maximum absolute atomic E-state index is 12.1. The quantitative estimate of drug-likeness (QED) is 0.832. The van der Waals surface area contributed by atoms with Crippen LogP contribution in [0.1, 0.15) is 24.4 Å². The second-order valence-corrected chi connectivity index (χ2v) is 4.85. The third-order valence-electron chi connectivity index (χ3n) is 2.70. The van der Waals surface area contributed by atoms with Gasteiger partial charge < -0.3 is 19.2 Å². The van der Waals surface area contributed by atoms with E-state index in [0.717, 1.165) is 0 Å². The van der Waals surface area contributed by atoms with Gasteiger partial charge >= 0.3 is 0 Å². The van der Waals surface area contributed by atoms with Crippen LogP contribution in [0, 0.1) is 0 Å². The minimum absolute atomic E-state index is 0.0919. The van der Waals surface area contributed by atoms with E-state index in [1.165, 1.54) is 6.26 Å². The van der Waals surface area contributed by atoms with E-state index in [1.807, 2.05) is 13.8 Å². The Morgan fingerprint density at radius 3 is 3.00 bits per heavy atom. The lowest BCUT2D eigenvalue weighted by Crippen LogP contribution is -2.55. The van der Waals surface area contributed by atoms with Crippen LogP contribution in [0.3, 0.4) is 0 Å². The number of aliphatic hydroxyl groups is 1. The topological polar surface area (TPSA) is 62.9 Å². The van der Waals surface area contributed by atoms with Gasteiger partial charge in [-0.25, -0.2) is 0 Å². The molecule has 94 valence electrons. The molecule has 17 heavy (non-hydrogen) atoms. The molecule has 1 N–H and O–H groups in total. The van der Waals surface area contributed by atoms with Crippen LogP contribution >= 0.6 is 0 Å². The molecule has 2 rings (SSSR count). The lowest BCUT2D eigenvalue weighted by atomic mass is 10.1. The lowest BCUT2D eigenvalue weighted by Gasteiger charge is -2.41. The Morgan fingerprint density at radius 1 is 1.65 bits per heavy atom. The van der Waals surface area contributed by atoms with Crippen LogP contribution in [0.4, 0.5) is 0 Å². The van der Waals surface area contributed by atoms with E-state index in [9.17, 15) is 4.79 Å². The SMILES string of the molecule is CC1(C)CN(C(=O)c2ccco2)CC(CO)O1. The summed E-state index contributed by atoms with van der Waals surface area (Å²) in [5.41, 5.74) is -0.450.